The van der Waals surface area contributed by atoms with Crippen LogP contribution in [0.5, 0.6) is 11.5 Å². The number of hydrogen-bond acceptors (Lipinski definition) is 5. The van der Waals surface area contributed by atoms with Crippen molar-refractivity contribution in [1.29, 1.82) is 0 Å². The highest BCUT2D eigenvalue weighted by Gasteiger charge is 2.87. The fraction of sp³-hybridized carbons (Fsp3) is 0.481. The number of alkyl halides is 11. The number of carboxylic acid groups (broad SMARTS) is 1. The van der Waals surface area contributed by atoms with Crippen molar-refractivity contribution in [2.24, 2.45) is 0 Å². The van der Waals surface area contributed by atoms with Gasteiger partial charge in [0.1, 0.15) is 18.1 Å². The van der Waals surface area contributed by atoms with Gasteiger partial charge in [-0.25, -0.2) is 9.59 Å². The number of amides is 1. The van der Waals surface area contributed by atoms with E-state index in [0.29, 0.717) is 11.1 Å². The molecule has 0 aromatic heterocycles. The lowest BCUT2D eigenvalue weighted by atomic mass is 9.97. The highest BCUT2D eigenvalue weighted by Crippen LogP contribution is 2.57. The number of carbonyl (C=O) groups excluding carboxylic acids is 1. The Kier molecular flexibility index (Phi) is 11.7. The first-order valence-corrected chi connectivity index (χ1v) is 12.7. The van der Waals surface area contributed by atoms with E-state index in [2.05, 4.69) is 0 Å². The molecule has 252 valence electrons. The SMILES string of the molecule is CCOC(Cc1ccc(OCCN(CC(F)(F)C(F)(F)C(F)(F)C(F)(F)C(F)(F)F)C(=O)Oc2ccc(C)cc2)cc1)C(=O)O. The molecular formula is C27H26F11NO6. The summed E-state index contributed by atoms with van der Waals surface area (Å²) in [5.74, 6) is -30.5. The van der Waals surface area contributed by atoms with Crippen molar-refractivity contribution in [2.45, 2.75) is 56.2 Å². The van der Waals surface area contributed by atoms with Crippen LogP contribution < -0.4 is 9.47 Å². The molecule has 0 radical (unpaired) electrons. The summed E-state index contributed by atoms with van der Waals surface area (Å²) in [6, 6.07) is 10.3. The van der Waals surface area contributed by atoms with E-state index in [1.165, 1.54) is 36.4 Å². The maximum Gasteiger partial charge on any atom is 0.460 e. The molecule has 1 N–H and O–H groups in total. The number of ether oxygens (including phenoxy) is 3. The van der Waals surface area contributed by atoms with Crippen LogP contribution in [0, 0.1) is 6.92 Å². The van der Waals surface area contributed by atoms with Crippen LogP contribution in [0.2, 0.25) is 0 Å². The van der Waals surface area contributed by atoms with Gasteiger partial charge >= 0.3 is 41.9 Å². The van der Waals surface area contributed by atoms with Gasteiger partial charge in [0.15, 0.2) is 6.10 Å². The van der Waals surface area contributed by atoms with Crippen molar-refractivity contribution < 1.29 is 77.2 Å². The number of carbonyl (C=O) groups is 2. The maximum atomic E-state index is 14.6. The standard InChI is InChI=1S/C27H26F11NO6/c1-3-43-20(21(40)41)14-17-6-10-18(11-7-17)44-13-12-39(22(42)45-19-8-4-16(2)5-9-19)15-23(28,29)24(30,31)25(32,33)26(34,35)27(36,37)38/h4-11,20H,3,12-15H2,1-2H3,(H,40,41). The Morgan fingerprint density at radius 1 is 0.800 bits per heavy atom. The van der Waals surface area contributed by atoms with Gasteiger partial charge in [-0.1, -0.05) is 29.8 Å². The summed E-state index contributed by atoms with van der Waals surface area (Å²) >= 11 is 0. The zero-order chi connectivity index (χ0) is 34.4. The molecule has 18 heteroatoms. The molecule has 0 spiro atoms. The van der Waals surface area contributed by atoms with Gasteiger partial charge in [0.05, 0.1) is 13.1 Å². The van der Waals surface area contributed by atoms with Crippen LogP contribution in [-0.4, -0.2) is 84.3 Å². The molecule has 0 saturated carbocycles. The molecule has 1 unspecified atom stereocenters. The second-order valence-corrected chi connectivity index (χ2v) is 9.51. The Morgan fingerprint density at radius 2 is 1.33 bits per heavy atom. The van der Waals surface area contributed by atoms with Crippen LogP contribution in [0.1, 0.15) is 18.1 Å². The lowest BCUT2D eigenvalue weighted by Gasteiger charge is -2.38. The first kappa shape index (κ1) is 37.4. The summed E-state index contributed by atoms with van der Waals surface area (Å²) in [4.78, 5) is 23.5. The van der Waals surface area contributed by atoms with Crippen LogP contribution in [-0.2, 0) is 16.0 Å². The van der Waals surface area contributed by atoms with Gasteiger partial charge in [-0.15, -0.1) is 0 Å². The number of aryl methyl sites for hydroxylation is 1. The fourth-order valence-corrected chi connectivity index (χ4v) is 3.58. The number of nitrogens with zero attached hydrogens (tertiary/aromatic N) is 1. The van der Waals surface area contributed by atoms with Crippen LogP contribution >= 0.6 is 0 Å². The minimum atomic E-state index is -7.64. The second-order valence-electron chi connectivity index (χ2n) is 9.51. The summed E-state index contributed by atoms with van der Waals surface area (Å²) in [5, 5.41) is 9.17. The van der Waals surface area contributed by atoms with Crippen molar-refractivity contribution in [3.05, 3.63) is 59.7 Å². The lowest BCUT2D eigenvalue weighted by Crippen LogP contribution is -2.68. The number of hydrogen-bond donors (Lipinski definition) is 1. The molecule has 45 heavy (non-hydrogen) atoms. The summed E-state index contributed by atoms with van der Waals surface area (Å²) in [6.07, 6.45) is -10.5. The minimum absolute atomic E-state index is 0.0395. The zero-order valence-corrected chi connectivity index (χ0v) is 23.3. The van der Waals surface area contributed by atoms with E-state index < -0.39 is 67.7 Å². The summed E-state index contributed by atoms with van der Waals surface area (Å²) in [5.41, 5.74) is 1.08. The third-order valence-corrected chi connectivity index (χ3v) is 6.10. The van der Waals surface area contributed by atoms with Crippen molar-refractivity contribution in [2.75, 3.05) is 26.3 Å². The predicted molar refractivity (Wildman–Crippen MR) is 133 cm³/mol. The molecule has 2 rings (SSSR count). The number of benzene rings is 2. The molecule has 2 aromatic carbocycles. The third kappa shape index (κ3) is 8.67. The number of rotatable bonds is 15. The Bertz CT molecular complexity index is 1290. The largest absolute Gasteiger partial charge is 0.492 e. The first-order valence-electron chi connectivity index (χ1n) is 12.7. The van der Waals surface area contributed by atoms with Crippen molar-refractivity contribution in [3.63, 3.8) is 0 Å². The van der Waals surface area contributed by atoms with Crippen molar-refractivity contribution in [1.82, 2.24) is 4.90 Å². The Balaban J connectivity index is 2.27. The Hall–Kier alpha value is -3.83. The van der Waals surface area contributed by atoms with E-state index in [1.54, 1.807) is 13.8 Å². The van der Waals surface area contributed by atoms with Crippen LogP contribution in [0.15, 0.2) is 48.5 Å². The molecule has 1 amide bonds. The lowest BCUT2D eigenvalue weighted by molar-refractivity contribution is -0.422. The minimum Gasteiger partial charge on any atom is -0.492 e. The smallest absolute Gasteiger partial charge is 0.460 e. The van der Waals surface area contributed by atoms with E-state index >= 15 is 0 Å². The van der Waals surface area contributed by atoms with Crippen molar-refractivity contribution >= 4 is 12.1 Å². The molecule has 0 heterocycles. The van der Waals surface area contributed by atoms with Crippen LogP contribution in [0.25, 0.3) is 0 Å². The van der Waals surface area contributed by atoms with Gasteiger partial charge < -0.3 is 19.3 Å². The third-order valence-electron chi connectivity index (χ3n) is 6.10. The molecule has 0 bridgehead atoms. The molecule has 2 aromatic rings. The molecule has 1 atom stereocenters. The summed E-state index contributed by atoms with van der Waals surface area (Å²) < 4.78 is 164. The number of carboxylic acids is 1. The van der Waals surface area contributed by atoms with Gasteiger partial charge in [-0.3, -0.25) is 4.90 Å². The van der Waals surface area contributed by atoms with E-state index in [-0.39, 0.29) is 29.4 Å². The van der Waals surface area contributed by atoms with Gasteiger partial charge in [0.25, 0.3) is 0 Å². The topological polar surface area (TPSA) is 85.3 Å². The molecule has 0 aliphatic heterocycles. The highest BCUT2D eigenvalue weighted by molar-refractivity contribution is 5.72. The predicted octanol–water partition coefficient (Wildman–Crippen LogP) is 7.01. The highest BCUT2D eigenvalue weighted by atomic mass is 19.4. The molecule has 0 saturated heterocycles. The first-order chi connectivity index (χ1) is 20.6. The average Bonchev–Trinajstić information content (AvgIpc) is 2.93. The van der Waals surface area contributed by atoms with Gasteiger partial charge in [-0.2, -0.15) is 48.3 Å². The molecular weight excluding hydrogens is 643 g/mol. The number of halogens is 11. The normalized spacial score (nSPS) is 13.7. The van der Waals surface area contributed by atoms with E-state index in [0.717, 1.165) is 12.1 Å². The van der Waals surface area contributed by atoms with E-state index in [4.69, 9.17) is 19.3 Å². The average molecular weight is 669 g/mol. The molecule has 0 aliphatic rings. The van der Waals surface area contributed by atoms with Gasteiger partial charge in [0, 0.05) is 13.0 Å². The Morgan fingerprint density at radius 3 is 1.82 bits per heavy atom. The quantitative estimate of drug-likeness (QED) is 0.206. The van der Waals surface area contributed by atoms with Gasteiger partial charge in [-0.05, 0) is 43.7 Å². The summed E-state index contributed by atoms with van der Waals surface area (Å²) in [6.45, 7) is -1.46. The zero-order valence-electron chi connectivity index (χ0n) is 23.3. The molecule has 7 nitrogen and oxygen atoms in total. The maximum absolute atomic E-state index is 14.6. The molecule has 0 fully saturated rings. The Labute approximate surface area is 248 Å². The van der Waals surface area contributed by atoms with E-state index in [1.807, 2.05) is 0 Å². The van der Waals surface area contributed by atoms with Gasteiger partial charge in [0.2, 0.25) is 0 Å². The number of aliphatic carboxylic acids is 1. The molecule has 0 aliphatic carbocycles. The van der Waals surface area contributed by atoms with Crippen LogP contribution in [0.4, 0.5) is 53.1 Å². The van der Waals surface area contributed by atoms with Crippen LogP contribution in [0.3, 0.4) is 0 Å². The fourth-order valence-electron chi connectivity index (χ4n) is 3.58. The second kappa shape index (κ2) is 14.1. The van der Waals surface area contributed by atoms with E-state index in [9.17, 15) is 57.9 Å². The van der Waals surface area contributed by atoms with Crippen molar-refractivity contribution in [3.8, 4) is 11.5 Å². The summed E-state index contributed by atoms with van der Waals surface area (Å²) in [7, 11) is 0. The monoisotopic (exact) mass is 669 g/mol.